The van der Waals surface area contributed by atoms with Crippen LogP contribution in [0.15, 0.2) is 24.3 Å². The molecule has 0 bridgehead atoms. The lowest BCUT2D eigenvalue weighted by atomic mass is 10.0. The van der Waals surface area contributed by atoms with Gasteiger partial charge < -0.3 is 4.74 Å². The van der Waals surface area contributed by atoms with Crippen molar-refractivity contribution in [3.63, 3.8) is 0 Å². The van der Waals surface area contributed by atoms with Gasteiger partial charge in [-0.05, 0) is 33.6 Å². The average Bonchev–Trinajstić information content (AvgIpc) is 2.14. The molecule has 1 unspecified atom stereocenters. The van der Waals surface area contributed by atoms with Gasteiger partial charge in [0.15, 0.2) is 0 Å². The van der Waals surface area contributed by atoms with Crippen molar-refractivity contribution in [1.29, 1.82) is 0 Å². The van der Waals surface area contributed by atoms with Crippen LogP contribution < -0.4 is 0 Å². The van der Waals surface area contributed by atoms with Crippen molar-refractivity contribution in [1.82, 2.24) is 0 Å². The average molecular weight is 192 g/mol. The maximum absolute atomic E-state index is 5.53. The lowest BCUT2D eigenvalue weighted by molar-refractivity contribution is 0.0260. The Hall–Kier alpha value is -1.00. The summed E-state index contributed by atoms with van der Waals surface area (Å²) in [5.41, 5.74) is 0.855. The molecule has 0 fully saturated rings. The summed E-state index contributed by atoms with van der Waals surface area (Å²) in [6.07, 6.45) is 11.1. The summed E-state index contributed by atoms with van der Waals surface area (Å²) in [6.45, 7) is 10.2. The Bertz CT molecular complexity index is 240. The van der Waals surface area contributed by atoms with Gasteiger partial charge in [0, 0.05) is 0 Å². The molecular formula is C13H20O. The minimum Gasteiger partial charge on any atom is -0.359 e. The van der Waals surface area contributed by atoms with Gasteiger partial charge >= 0.3 is 0 Å². The SMILES string of the molecule is C#CC(C)(CCC=C(C)C)OCC=C. The van der Waals surface area contributed by atoms with E-state index < -0.39 is 5.60 Å². The fourth-order valence-corrected chi connectivity index (χ4v) is 1.07. The molecule has 0 spiro atoms. The molecule has 14 heavy (non-hydrogen) atoms. The van der Waals surface area contributed by atoms with Gasteiger partial charge in [0.25, 0.3) is 0 Å². The molecule has 0 N–H and O–H groups in total. The quantitative estimate of drug-likeness (QED) is 0.463. The van der Waals surface area contributed by atoms with Crippen LogP contribution in [0.2, 0.25) is 0 Å². The second kappa shape index (κ2) is 6.45. The van der Waals surface area contributed by atoms with Crippen molar-refractivity contribution in [2.24, 2.45) is 0 Å². The fraction of sp³-hybridized carbons (Fsp3) is 0.538. The summed E-state index contributed by atoms with van der Waals surface area (Å²) in [5, 5.41) is 0. The van der Waals surface area contributed by atoms with E-state index in [1.807, 2.05) is 6.92 Å². The summed E-state index contributed by atoms with van der Waals surface area (Å²) in [5.74, 6) is 2.69. The van der Waals surface area contributed by atoms with Crippen molar-refractivity contribution >= 4 is 0 Å². The monoisotopic (exact) mass is 192 g/mol. The van der Waals surface area contributed by atoms with Crippen LogP contribution in [-0.4, -0.2) is 12.2 Å². The van der Waals surface area contributed by atoms with Crippen LogP contribution >= 0.6 is 0 Å². The lowest BCUT2D eigenvalue weighted by Gasteiger charge is -2.22. The van der Waals surface area contributed by atoms with Crippen molar-refractivity contribution < 1.29 is 4.74 Å². The van der Waals surface area contributed by atoms with Crippen LogP contribution in [-0.2, 0) is 4.74 Å². The van der Waals surface area contributed by atoms with Crippen LogP contribution in [0.5, 0.6) is 0 Å². The Morgan fingerprint density at radius 2 is 2.21 bits per heavy atom. The molecule has 0 aromatic heterocycles. The number of ether oxygens (including phenoxy) is 1. The first kappa shape index (κ1) is 13.0. The lowest BCUT2D eigenvalue weighted by Crippen LogP contribution is -2.26. The molecule has 0 heterocycles. The smallest absolute Gasteiger partial charge is 0.126 e. The van der Waals surface area contributed by atoms with Gasteiger partial charge in [-0.15, -0.1) is 13.0 Å². The Morgan fingerprint density at radius 1 is 1.57 bits per heavy atom. The molecular weight excluding hydrogens is 172 g/mol. The Balaban J connectivity index is 4.06. The number of hydrogen-bond donors (Lipinski definition) is 0. The largest absolute Gasteiger partial charge is 0.359 e. The highest BCUT2D eigenvalue weighted by molar-refractivity contribution is 5.07. The second-order valence-corrected chi connectivity index (χ2v) is 3.80. The summed E-state index contributed by atoms with van der Waals surface area (Å²) >= 11 is 0. The highest BCUT2D eigenvalue weighted by atomic mass is 16.5. The van der Waals surface area contributed by atoms with E-state index in [4.69, 9.17) is 11.2 Å². The number of rotatable bonds is 6. The summed E-state index contributed by atoms with van der Waals surface area (Å²) in [7, 11) is 0. The Labute approximate surface area is 87.9 Å². The van der Waals surface area contributed by atoms with Crippen LogP contribution in [0.1, 0.15) is 33.6 Å². The molecule has 0 rings (SSSR count). The molecule has 0 aliphatic heterocycles. The second-order valence-electron chi connectivity index (χ2n) is 3.80. The molecule has 0 aromatic rings. The minimum atomic E-state index is -0.458. The van der Waals surface area contributed by atoms with Crippen LogP contribution in [0.3, 0.4) is 0 Å². The number of hydrogen-bond acceptors (Lipinski definition) is 1. The van der Waals surface area contributed by atoms with Gasteiger partial charge in [0.2, 0.25) is 0 Å². The van der Waals surface area contributed by atoms with Gasteiger partial charge in [-0.3, -0.25) is 0 Å². The predicted octanol–water partition coefficient (Wildman–Crippen LogP) is 3.33. The van der Waals surface area contributed by atoms with Crippen molar-refractivity contribution in [3.8, 4) is 12.3 Å². The molecule has 0 amide bonds. The molecule has 1 atom stereocenters. The predicted molar refractivity (Wildman–Crippen MR) is 62.1 cm³/mol. The van der Waals surface area contributed by atoms with E-state index >= 15 is 0 Å². The topological polar surface area (TPSA) is 9.23 Å². The van der Waals surface area contributed by atoms with E-state index in [1.165, 1.54) is 5.57 Å². The molecule has 0 saturated heterocycles. The Morgan fingerprint density at radius 3 is 2.64 bits per heavy atom. The molecule has 0 radical (unpaired) electrons. The highest BCUT2D eigenvalue weighted by Crippen LogP contribution is 2.17. The molecule has 78 valence electrons. The van der Waals surface area contributed by atoms with Crippen LogP contribution in [0, 0.1) is 12.3 Å². The zero-order valence-electron chi connectivity index (χ0n) is 9.47. The standard InChI is InChI=1S/C13H20O/c1-6-11-14-13(5,7-2)10-8-9-12(3)4/h2,6,9H,1,8,10-11H2,3-5H3. The van der Waals surface area contributed by atoms with E-state index in [9.17, 15) is 0 Å². The maximum atomic E-state index is 5.53. The van der Waals surface area contributed by atoms with Gasteiger partial charge in [-0.25, -0.2) is 0 Å². The Kier molecular flexibility index (Phi) is 5.99. The molecule has 1 nitrogen and oxygen atoms in total. The van der Waals surface area contributed by atoms with E-state index in [0.717, 1.165) is 12.8 Å². The molecule has 0 aliphatic rings. The third-order valence-electron chi connectivity index (χ3n) is 2.00. The molecule has 1 heteroatoms. The first-order valence-electron chi connectivity index (χ1n) is 4.90. The minimum absolute atomic E-state index is 0.458. The third-order valence-corrected chi connectivity index (χ3v) is 2.00. The fourth-order valence-electron chi connectivity index (χ4n) is 1.07. The zero-order chi connectivity index (χ0) is 11.0. The summed E-state index contributed by atoms with van der Waals surface area (Å²) in [4.78, 5) is 0. The van der Waals surface area contributed by atoms with Crippen molar-refractivity contribution in [3.05, 3.63) is 24.3 Å². The summed E-state index contributed by atoms with van der Waals surface area (Å²) in [6, 6.07) is 0. The maximum Gasteiger partial charge on any atom is 0.126 e. The van der Waals surface area contributed by atoms with Crippen molar-refractivity contribution in [2.75, 3.05) is 6.61 Å². The van der Waals surface area contributed by atoms with E-state index in [1.54, 1.807) is 6.08 Å². The number of allylic oxidation sites excluding steroid dienone is 2. The van der Waals surface area contributed by atoms with Crippen LogP contribution in [0.25, 0.3) is 0 Å². The number of terminal acetylenes is 1. The summed E-state index contributed by atoms with van der Waals surface area (Å²) < 4.78 is 5.53. The van der Waals surface area contributed by atoms with E-state index in [2.05, 4.69) is 32.4 Å². The van der Waals surface area contributed by atoms with Gasteiger partial charge in [-0.1, -0.05) is 23.6 Å². The molecule has 0 aliphatic carbocycles. The zero-order valence-corrected chi connectivity index (χ0v) is 9.47. The molecule has 0 aromatic carbocycles. The van der Waals surface area contributed by atoms with Gasteiger partial charge in [0.05, 0.1) is 6.61 Å². The van der Waals surface area contributed by atoms with Gasteiger partial charge in [-0.2, -0.15) is 0 Å². The van der Waals surface area contributed by atoms with E-state index in [0.29, 0.717) is 6.61 Å². The molecule has 0 saturated carbocycles. The first-order chi connectivity index (χ1) is 6.54. The van der Waals surface area contributed by atoms with E-state index in [-0.39, 0.29) is 0 Å². The highest BCUT2D eigenvalue weighted by Gasteiger charge is 2.19. The third kappa shape index (κ3) is 5.61. The van der Waals surface area contributed by atoms with Crippen LogP contribution in [0.4, 0.5) is 0 Å². The van der Waals surface area contributed by atoms with Crippen molar-refractivity contribution in [2.45, 2.75) is 39.2 Å². The first-order valence-corrected chi connectivity index (χ1v) is 4.90. The van der Waals surface area contributed by atoms with Gasteiger partial charge in [0.1, 0.15) is 5.60 Å². The normalized spacial score (nSPS) is 13.9.